The number of alkyl halides is 2. The Hall–Kier alpha value is -2.40. The summed E-state index contributed by atoms with van der Waals surface area (Å²) in [4.78, 5) is 28.8. The highest BCUT2D eigenvalue weighted by molar-refractivity contribution is 8.01. The molecule has 1 aliphatic heterocycles. The van der Waals surface area contributed by atoms with Gasteiger partial charge in [0.2, 0.25) is 5.91 Å². The van der Waals surface area contributed by atoms with Crippen LogP contribution >= 0.6 is 23.1 Å². The first-order valence-corrected chi connectivity index (χ1v) is 10.6. The zero-order valence-corrected chi connectivity index (χ0v) is 16.8. The lowest BCUT2D eigenvalue weighted by Gasteiger charge is -2.24. The lowest BCUT2D eigenvalue weighted by molar-refractivity contribution is -0.129. The van der Waals surface area contributed by atoms with E-state index >= 15 is 0 Å². The van der Waals surface area contributed by atoms with Gasteiger partial charge in [-0.1, -0.05) is 17.8 Å². The molecule has 2 heterocycles. The van der Waals surface area contributed by atoms with Crippen LogP contribution in [0, 0.1) is 0 Å². The smallest absolute Gasteiger partial charge is 0.387 e. The fraction of sp³-hybridized carbons (Fsp3) is 0.389. The van der Waals surface area contributed by atoms with E-state index in [2.05, 4.69) is 9.72 Å². The Labute approximate surface area is 173 Å². The van der Waals surface area contributed by atoms with Gasteiger partial charge in [0.05, 0.1) is 6.04 Å². The van der Waals surface area contributed by atoms with Crippen LogP contribution in [-0.2, 0) is 4.79 Å². The molecule has 156 valence electrons. The molecule has 1 N–H and O–H groups in total. The Morgan fingerprint density at radius 3 is 2.93 bits per heavy atom. The van der Waals surface area contributed by atoms with Crippen molar-refractivity contribution in [3.8, 4) is 11.5 Å². The molecule has 1 amide bonds. The minimum absolute atomic E-state index is 0.0115. The van der Waals surface area contributed by atoms with Crippen LogP contribution in [0.3, 0.4) is 0 Å². The molecule has 2 aromatic rings. The first-order chi connectivity index (χ1) is 13.9. The molecule has 1 unspecified atom stereocenters. The number of carboxylic acid groups (broad SMARTS) is 1. The van der Waals surface area contributed by atoms with E-state index in [0.717, 1.165) is 0 Å². The van der Waals surface area contributed by atoms with E-state index in [4.69, 9.17) is 9.84 Å². The van der Waals surface area contributed by atoms with E-state index in [1.807, 2.05) is 0 Å². The number of carbonyl (C=O) groups excluding carboxylic acids is 1. The fourth-order valence-corrected chi connectivity index (χ4v) is 4.67. The minimum atomic E-state index is -2.91. The van der Waals surface area contributed by atoms with Gasteiger partial charge in [-0.3, -0.25) is 4.79 Å². The number of ether oxygens (including phenoxy) is 2. The summed E-state index contributed by atoms with van der Waals surface area (Å²) in [5.74, 6) is -0.0624. The molecular weight excluding hydrogens is 426 g/mol. The van der Waals surface area contributed by atoms with E-state index in [9.17, 15) is 18.4 Å². The molecule has 0 saturated carbocycles. The molecule has 1 fully saturated rings. The molecule has 1 atom stereocenters. The van der Waals surface area contributed by atoms with Gasteiger partial charge < -0.3 is 19.5 Å². The Morgan fingerprint density at radius 2 is 2.21 bits per heavy atom. The third-order valence-electron chi connectivity index (χ3n) is 4.19. The van der Waals surface area contributed by atoms with Crippen molar-refractivity contribution in [1.82, 2.24) is 9.88 Å². The van der Waals surface area contributed by atoms with Crippen LogP contribution in [0.4, 0.5) is 8.78 Å². The number of amides is 1. The van der Waals surface area contributed by atoms with E-state index in [-0.39, 0.29) is 30.0 Å². The molecule has 0 bridgehead atoms. The number of carbonyl (C=O) groups is 2. The highest BCUT2D eigenvalue weighted by Gasteiger charge is 2.31. The highest BCUT2D eigenvalue weighted by atomic mass is 32.2. The molecule has 3 rings (SSSR count). The zero-order valence-electron chi connectivity index (χ0n) is 15.1. The van der Waals surface area contributed by atoms with Crippen LogP contribution in [0.1, 0.15) is 23.3 Å². The molecule has 0 radical (unpaired) electrons. The van der Waals surface area contributed by atoms with Gasteiger partial charge in [0.15, 0.2) is 10.0 Å². The number of hydrogen-bond acceptors (Lipinski definition) is 7. The molecule has 1 aromatic heterocycles. The van der Waals surface area contributed by atoms with Crippen molar-refractivity contribution < 1.29 is 33.0 Å². The Morgan fingerprint density at radius 1 is 1.41 bits per heavy atom. The third kappa shape index (κ3) is 6.04. The molecule has 29 heavy (non-hydrogen) atoms. The molecule has 1 aromatic carbocycles. The first kappa shape index (κ1) is 21.3. The van der Waals surface area contributed by atoms with E-state index in [1.165, 1.54) is 40.6 Å². The normalized spacial score (nSPS) is 16.4. The van der Waals surface area contributed by atoms with Gasteiger partial charge in [0.1, 0.15) is 18.1 Å². The van der Waals surface area contributed by atoms with Gasteiger partial charge in [-0.05, 0) is 18.6 Å². The highest BCUT2D eigenvalue weighted by Crippen LogP contribution is 2.26. The number of likely N-dealkylation sites (tertiary alicyclic amines) is 1. The molecule has 0 aliphatic carbocycles. The van der Waals surface area contributed by atoms with Crippen molar-refractivity contribution in [3.63, 3.8) is 0 Å². The SMILES string of the molecule is O=C(O)c1csc(SCCN2C(=O)CCC2COc2cccc(OC(F)F)c2)n1. The second-order valence-corrected chi connectivity index (χ2v) is 8.30. The van der Waals surface area contributed by atoms with Gasteiger partial charge in [-0.15, -0.1) is 11.3 Å². The molecule has 11 heteroatoms. The summed E-state index contributed by atoms with van der Waals surface area (Å²) in [5, 5.41) is 10.4. The Balaban J connectivity index is 1.50. The number of rotatable bonds is 10. The number of aromatic carboxylic acids is 1. The summed E-state index contributed by atoms with van der Waals surface area (Å²) < 4.78 is 35.3. The quantitative estimate of drug-likeness (QED) is 0.560. The van der Waals surface area contributed by atoms with E-state index < -0.39 is 12.6 Å². The van der Waals surface area contributed by atoms with Crippen LogP contribution < -0.4 is 9.47 Å². The lowest BCUT2D eigenvalue weighted by Crippen LogP contribution is -2.38. The standard InChI is InChI=1S/C18H18F2N2O5S2/c19-17(20)27-13-3-1-2-12(8-13)26-9-11-4-5-15(23)22(11)6-7-28-18-21-14(10-29-18)16(24)25/h1-3,8,10-11,17H,4-7,9H2,(H,24,25). The summed E-state index contributed by atoms with van der Waals surface area (Å²) in [5.41, 5.74) is 0.0130. The number of nitrogens with zero attached hydrogens (tertiary/aromatic N) is 2. The molecule has 0 spiro atoms. The van der Waals surface area contributed by atoms with Crippen molar-refractivity contribution in [3.05, 3.63) is 35.3 Å². The maximum Gasteiger partial charge on any atom is 0.387 e. The van der Waals surface area contributed by atoms with E-state index in [1.54, 1.807) is 17.0 Å². The summed E-state index contributed by atoms with van der Waals surface area (Å²) in [6.45, 7) is -2.18. The second-order valence-electron chi connectivity index (χ2n) is 6.10. The fourth-order valence-electron chi connectivity index (χ4n) is 2.86. The zero-order chi connectivity index (χ0) is 20.8. The first-order valence-electron chi connectivity index (χ1n) is 8.71. The summed E-state index contributed by atoms with van der Waals surface area (Å²) in [6.07, 6.45) is 1.07. The number of benzene rings is 1. The van der Waals surface area contributed by atoms with Gasteiger partial charge in [-0.2, -0.15) is 8.78 Å². The van der Waals surface area contributed by atoms with Crippen LogP contribution in [0.25, 0.3) is 0 Å². The molecule has 1 aliphatic rings. The maximum absolute atomic E-state index is 12.3. The number of halogens is 2. The van der Waals surface area contributed by atoms with Gasteiger partial charge in [0, 0.05) is 30.2 Å². The number of carboxylic acids is 1. The third-order valence-corrected chi connectivity index (χ3v) is 6.19. The summed E-state index contributed by atoms with van der Waals surface area (Å²) in [7, 11) is 0. The number of aromatic nitrogens is 1. The van der Waals surface area contributed by atoms with Crippen molar-refractivity contribution in [2.75, 3.05) is 18.9 Å². The second kappa shape index (κ2) is 9.88. The van der Waals surface area contributed by atoms with E-state index in [0.29, 0.717) is 35.2 Å². The van der Waals surface area contributed by atoms with Crippen molar-refractivity contribution in [1.29, 1.82) is 0 Å². The van der Waals surface area contributed by atoms with Crippen LogP contribution in [0.15, 0.2) is 34.0 Å². The van der Waals surface area contributed by atoms with Gasteiger partial charge in [0.25, 0.3) is 0 Å². The average Bonchev–Trinajstić information content (AvgIpc) is 3.28. The Kier molecular flexibility index (Phi) is 7.26. The lowest BCUT2D eigenvalue weighted by atomic mass is 10.2. The number of thioether (sulfide) groups is 1. The predicted octanol–water partition coefficient (Wildman–Crippen LogP) is 3.60. The number of thiazole rings is 1. The average molecular weight is 444 g/mol. The van der Waals surface area contributed by atoms with Crippen molar-refractivity contribution in [2.45, 2.75) is 29.8 Å². The molecule has 1 saturated heterocycles. The molecular formula is C18H18F2N2O5S2. The largest absolute Gasteiger partial charge is 0.491 e. The summed E-state index contributed by atoms with van der Waals surface area (Å²) >= 11 is 2.65. The monoisotopic (exact) mass is 444 g/mol. The van der Waals surface area contributed by atoms with Gasteiger partial charge >= 0.3 is 12.6 Å². The predicted molar refractivity (Wildman–Crippen MR) is 103 cm³/mol. The van der Waals surface area contributed by atoms with Crippen molar-refractivity contribution >= 4 is 35.0 Å². The maximum atomic E-state index is 12.3. The molecule has 7 nitrogen and oxygen atoms in total. The van der Waals surface area contributed by atoms with Crippen LogP contribution in [0.5, 0.6) is 11.5 Å². The van der Waals surface area contributed by atoms with Gasteiger partial charge in [-0.25, -0.2) is 9.78 Å². The van der Waals surface area contributed by atoms with Crippen molar-refractivity contribution in [2.24, 2.45) is 0 Å². The minimum Gasteiger partial charge on any atom is -0.491 e. The summed E-state index contributed by atoms with van der Waals surface area (Å²) in [6, 6.07) is 5.87. The van der Waals surface area contributed by atoms with Crippen LogP contribution in [0.2, 0.25) is 0 Å². The number of hydrogen-bond donors (Lipinski definition) is 1. The Bertz CT molecular complexity index is 864. The van der Waals surface area contributed by atoms with Crippen LogP contribution in [-0.4, -0.2) is 58.4 Å². The topological polar surface area (TPSA) is 89.0 Å².